The van der Waals surface area contributed by atoms with E-state index in [2.05, 4.69) is 15.6 Å². The number of carbonyl (C=O) groups excluding carboxylic acids is 1. The van der Waals surface area contributed by atoms with Crippen LogP contribution >= 0.6 is 0 Å². The molecular weight excluding hydrogens is 371 g/mol. The summed E-state index contributed by atoms with van der Waals surface area (Å²) in [6, 6.07) is 4.83. The van der Waals surface area contributed by atoms with Crippen LogP contribution in [0.15, 0.2) is 27.6 Å². The van der Waals surface area contributed by atoms with Crippen LogP contribution in [0, 0.1) is 18.7 Å². The van der Waals surface area contributed by atoms with Crippen LogP contribution in [0.1, 0.15) is 44.9 Å². The molecule has 3 rings (SSSR count). The summed E-state index contributed by atoms with van der Waals surface area (Å²) in [4.78, 5) is 18.8. The molecule has 29 heavy (non-hydrogen) atoms. The summed E-state index contributed by atoms with van der Waals surface area (Å²) in [6.45, 7) is 10.5. The molecule has 1 aromatic heterocycles. The molecule has 2 N–H and O–H groups in total. The monoisotopic (exact) mass is 402 g/mol. The Morgan fingerprint density at radius 2 is 2.07 bits per heavy atom. The van der Waals surface area contributed by atoms with Crippen molar-refractivity contribution in [3.63, 3.8) is 0 Å². The zero-order valence-corrected chi connectivity index (χ0v) is 17.7. The number of amides is 1. The molecule has 1 aliphatic rings. The van der Waals surface area contributed by atoms with E-state index in [9.17, 15) is 9.18 Å². The van der Waals surface area contributed by atoms with Gasteiger partial charge in [0, 0.05) is 42.5 Å². The average molecular weight is 403 g/mol. The number of likely N-dealkylation sites (tertiary alicyclic amines) is 1. The number of guanidine groups is 1. The Hall–Kier alpha value is -2.57. The summed E-state index contributed by atoms with van der Waals surface area (Å²) in [6.07, 6.45) is 1.79. The standard InChI is InChI=1S/C22H31FN4O2/c1-5-24-22(26-17-8-10-27(11-9-17)21(28)14(2)3)25-13-20-15(4)18-12-16(23)6-7-19(18)29-20/h6-7,12,14,17H,5,8-11,13H2,1-4H3,(H2,24,25,26). The van der Waals surface area contributed by atoms with Crippen LogP contribution in [0.4, 0.5) is 4.39 Å². The molecule has 2 heterocycles. The maximum atomic E-state index is 13.5. The predicted molar refractivity (Wildman–Crippen MR) is 113 cm³/mol. The lowest BCUT2D eigenvalue weighted by molar-refractivity contribution is -0.135. The van der Waals surface area contributed by atoms with Crippen LogP contribution < -0.4 is 10.6 Å². The number of aliphatic imine (C=N–C) groups is 1. The van der Waals surface area contributed by atoms with Gasteiger partial charge in [-0.1, -0.05) is 13.8 Å². The van der Waals surface area contributed by atoms with E-state index < -0.39 is 0 Å². The number of piperidine rings is 1. The van der Waals surface area contributed by atoms with E-state index in [1.165, 1.54) is 12.1 Å². The zero-order chi connectivity index (χ0) is 21.0. The summed E-state index contributed by atoms with van der Waals surface area (Å²) in [5.74, 6) is 1.46. The van der Waals surface area contributed by atoms with E-state index in [0.717, 1.165) is 55.1 Å². The number of rotatable bonds is 5. The van der Waals surface area contributed by atoms with Crippen LogP contribution in [0.2, 0.25) is 0 Å². The minimum atomic E-state index is -0.270. The Morgan fingerprint density at radius 1 is 1.34 bits per heavy atom. The molecule has 0 spiro atoms. The number of hydrogen-bond acceptors (Lipinski definition) is 3. The molecule has 1 fully saturated rings. The van der Waals surface area contributed by atoms with Crippen LogP contribution in [0.5, 0.6) is 0 Å². The fraction of sp³-hybridized carbons (Fsp3) is 0.545. The van der Waals surface area contributed by atoms with Crippen molar-refractivity contribution in [3.8, 4) is 0 Å². The van der Waals surface area contributed by atoms with Crippen molar-refractivity contribution in [1.82, 2.24) is 15.5 Å². The largest absolute Gasteiger partial charge is 0.459 e. The normalized spacial score (nSPS) is 15.9. The lowest BCUT2D eigenvalue weighted by Gasteiger charge is -2.34. The van der Waals surface area contributed by atoms with Crippen molar-refractivity contribution in [3.05, 3.63) is 35.3 Å². The number of nitrogens with zero attached hydrogens (tertiary/aromatic N) is 2. The van der Waals surface area contributed by atoms with E-state index >= 15 is 0 Å². The van der Waals surface area contributed by atoms with Gasteiger partial charge < -0.3 is 20.0 Å². The number of furan rings is 1. The van der Waals surface area contributed by atoms with E-state index in [0.29, 0.717) is 12.1 Å². The molecule has 1 aromatic carbocycles. The van der Waals surface area contributed by atoms with Gasteiger partial charge in [-0.15, -0.1) is 0 Å². The summed E-state index contributed by atoms with van der Waals surface area (Å²) in [7, 11) is 0. The van der Waals surface area contributed by atoms with Crippen molar-refractivity contribution in [2.45, 2.75) is 53.1 Å². The first kappa shape index (κ1) is 21.1. The first-order valence-electron chi connectivity index (χ1n) is 10.4. The minimum Gasteiger partial charge on any atom is -0.459 e. The Morgan fingerprint density at radius 3 is 2.72 bits per heavy atom. The maximum Gasteiger partial charge on any atom is 0.225 e. The van der Waals surface area contributed by atoms with Crippen molar-refractivity contribution >= 4 is 22.8 Å². The maximum absolute atomic E-state index is 13.5. The topological polar surface area (TPSA) is 69.9 Å². The number of aryl methyl sites for hydroxylation is 1. The molecule has 1 amide bonds. The highest BCUT2D eigenvalue weighted by molar-refractivity contribution is 5.83. The summed E-state index contributed by atoms with van der Waals surface area (Å²) in [5.41, 5.74) is 1.59. The van der Waals surface area contributed by atoms with Crippen molar-refractivity contribution in [2.75, 3.05) is 19.6 Å². The summed E-state index contributed by atoms with van der Waals surface area (Å²) >= 11 is 0. The second kappa shape index (κ2) is 9.29. The third-order valence-electron chi connectivity index (χ3n) is 5.36. The van der Waals surface area contributed by atoms with Crippen LogP contribution in [-0.2, 0) is 11.3 Å². The third kappa shape index (κ3) is 5.08. The molecular formula is C22H31FN4O2. The number of fused-ring (bicyclic) bond motifs is 1. The Bertz CT molecular complexity index is 882. The summed E-state index contributed by atoms with van der Waals surface area (Å²) in [5, 5.41) is 7.54. The van der Waals surface area contributed by atoms with E-state index in [4.69, 9.17) is 4.42 Å². The molecule has 1 aliphatic heterocycles. The van der Waals surface area contributed by atoms with Crippen molar-refractivity contribution in [2.24, 2.45) is 10.9 Å². The number of nitrogens with one attached hydrogen (secondary N) is 2. The molecule has 0 radical (unpaired) electrons. The van der Waals surface area contributed by atoms with Gasteiger partial charge >= 0.3 is 0 Å². The zero-order valence-electron chi connectivity index (χ0n) is 17.7. The van der Waals surface area contributed by atoms with Crippen LogP contribution in [0.25, 0.3) is 11.0 Å². The number of halogens is 1. The van der Waals surface area contributed by atoms with Gasteiger partial charge in [-0.05, 0) is 44.9 Å². The van der Waals surface area contributed by atoms with Crippen molar-refractivity contribution < 1.29 is 13.6 Å². The average Bonchev–Trinajstić information content (AvgIpc) is 3.01. The number of carbonyl (C=O) groups is 1. The molecule has 158 valence electrons. The lowest BCUT2D eigenvalue weighted by Crippen LogP contribution is -2.50. The summed E-state index contributed by atoms with van der Waals surface area (Å²) < 4.78 is 19.4. The van der Waals surface area contributed by atoms with Gasteiger partial charge in [0.25, 0.3) is 0 Å². The Kier molecular flexibility index (Phi) is 6.77. The first-order chi connectivity index (χ1) is 13.9. The molecule has 6 nitrogen and oxygen atoms in total. The molecule has 7 heteroatoms. The van der Waals surface area contributed by atoms with Gasteiger partial charge in [-0.2, -0.15) is 0 Å². The van der Waals surface area contributed by atoms with Gasteiger partial charge in [0.05, 0.1) is 0 Å². The molecule has 2 aromatic rings. The van der Waals surface area contributed by atoms with Crippen molar-refractivity contribution in [1.29, 1.82) is 0 Å². The smallest absolute Gasteiger partial charge is 0.225 e. The molecule has 0 unspecified atom stereocenters. The highest BCUT2D eigenvalue weighted by Crippen LogP contribution is 2.26. The fourth-order valence-electron chi connectivity index (χ4n) is 3.67. The number of hydrogen-bond donors (Lipinski definition) is 2. The lowest BCUT2D eigenvalue weighted by atomic mass is 10.0. The SMILES string of the molecule is CCNC(=NCc1oc2ccc(F)cc2c1C)NC1CCN(C(=O)C(C)C)CC1. The molecule has 0 saturated carbocycles. The third-order valence-corrected chi connectivity index (χ3v) is 5.36. The minimum absolute atomic E-state index is 0.0407. The van der Waals surface area contributed by atoms with Gasteiger partial charge in [0.15, 0.2) is 5.96 Å². The fourth-order valence-corrected chi connectivity index (χ4v) is 3.67. The molecule has 1 saturated heterocycles. The van der Waals surface area contributed by atoms with Gasteiger partial charge in [0.2, 0.25) is 5.91 Å². The second-order valence-electron chi connectivity index (χ2n) is 7.88. The van der Waals surface area contributed by atoms with Crippen LogP contribution in [-0.4, -0.2) is 42.4 Å². The molecule has 0 bridgehead atoms. The Labute approximate surface area is 171 Å². The molecule has 0 atom stereocenters. The van der Waals surface area contributed by atoms with Gasteiger partial charge in [-0.25, -0.2) is 9.38 Å². The number of benzene rings is 1. The second-order valence-corrected chi connectivity index (χ2v) is 7.88. The van der Waals surface area contributed by atoms with Gasteiger partial charge in [-0.3, -0.25) is 4.79 Å². The quantitative estimate of drug-likeness (QED) is 0.592. The van der Waals surface area contributed by atoms with Gasteiger partial charge in [0.1, 0.15) is 23.7 Å². The molecule has 0 aliphatic carbocycles. The van der Waals surface area contributed by atoms with E-state index in [1.807, 2.05) is 32.6 Å². The predicted octanol–water partition coefficient (Wildman–Crippen LogP) is 3.58. The van der Waals surface area contributed by atoms with E-state index in [1.54, 1.807) is 6.07 Å². The van der Waals surface area contributed by atoms with Crippen LogP contribution in [0.3, 0.4) is 0 Å². The highest BCUT2D eigenvalue weighted by atomic mass is 19.1. The first-order valence-corrected chi connectivity index (χ1v) is 10.4. The van der Waals surface area contributed by atoms with E-state index in [-0.39, 0.29) is 23.7 Å². The Balaban J connectivity index is 1.64. The highest BCUT2D eigenvalue weighted by Gasteiger charge is 2.24.